The number of sulfonamides is 1. The molecule has 1 rings (SSSR count). The standard InChI is InChI=1S/C13H22N2O5S/c1-15(2)21(18,19)12-8-7-11(20-12)13(17)14-9-5-3-4-6-10-16/h7-8,16H,3-6,9-10H2,1-2H3,(H,14,17). The topological polar surface area (TPSA) is 99.9 Å². The first-order valence-corrected chi connectivity index (χ1v) is 8.25. The van der Waals surface area contributed by atoms with Gasteiger partial charge >= 0.3 is 0 Å². The Bertz CT molecular complexity index is 551. The summed E-state index contributed by atoms with van der Waals surface area (Å²) in [7, 11) is -0.876. The minimum absolute atomic E-state index is 0.0224. The van der Waals surface area contributed by atoms with Crippen LogP contribution >= 0.6 is 0 Å². The molecule has 0 unspecified atom stereocenters. The first kappa shape index (κ1) is 17.7. The number of aliphatic hydroxyl groups excluding tert-OH is 1. The molecule has 0 bridgehead atoms. The lowest BCUT2D eigenvalue weighted by Gasteiger charge is -2.07. The van der Waals surface area contributed by atoms with Gasteiger partial charge in [0.15, 0.2) is 5.76 Å². The molecule has 2 N–H and O–H groups in total. The van der Waals surface area contributed by atoms with Crippen LogP contribution in [0.4, 0.5) is 0 Å². The molecule has 0 saturated carbocycles. The molecule has 0 radical (unpaired) electrons. The van der Waals surface area contributed by atoms with Gasteiger partial charge in [-0.25, -0.2) is 12.7 Å². The zero-order chi connectivity index (χ0) is 15.9. The second kappa shape index (κ2) is 8.16. The van der Waals surface area contributed by atoms with Gasteiger partial charge in [0.05, 0.1) is 0 Å². The van der Waals surface area contributed by atoms with Gasteiger partial charge in [0, 0.05) is 27.2 Å². The van der Waals surface area contributed by atoms with Crippen molar-refractivity contribution in [3.8, 4) is 0 Å². The van der Waals surface area contributed by atoms with Crippen LogP contribution in [0.1, 0.15) is 36.2 Å². The highest BCUT2D eigenvalue weighted by Gasteiger charge is 2.23. The number of rotatable bonds is 9. The van der Waals surface area contributed by atoms with Gasteiger partial charge in [-0.1, -0.05) is 12.8 Å². The molecule has 0 fully saturated rings. The van der Waals surface area contributed by atoms with E-state index in [1.54, 1.807) is 0 Å². The molecule has 0 aliphatic carbocycles. The average Bonchev–Trinajstić information content (AvgIpc) is 2.92. The van der Waals surface area contributed by atoms with Crippen LogP contribution in [0, 0.1) is 0 Å². The van der Waals surface area contributed by atoms with Crippen LogP contribution in [-0.4, -0.2) is 51.0 Å². The van der Waals surface area contributed by atoms with E-state index < -0.39 is 15.9 Å². The van der Waals surface area contributed by atoms with E-state index in [1.807, 2.05) is 0 Å². The fraction of sp³-hybridized carbons (Fsp3) is 0.615. The number of hydrogen-bond donors (Lipinski definition) is 2. The number of furan rings is 1. The number of unbranched alkanes of at least 4 members (excludes halogenated alkanes) is 3. The summed E-state index contributed by atoms with van der Waals surface area (Å²) in [4.78, 5) is 11.8. The Balaban J connectivity index is 2.48. The summed E-state index contributed by atoms with van der Waals surface area (Å²) < 4.78 is 29.7. The van der Waals surface area contributed by atoms with Crippen molar-refractivity contribution < 1.29 is 22.7 Å². The summed E-state index contributed by atoms with van der Waals surface area (Å²) in [5.74, 6) is -0.455. The smallest absolute Gasteiger partial charge is 0.287 e. The first-order chi connectivity index (χ1) is 9.89. The third-order valence-electron chi connectivity index (χ3n) is 2.91. The molecule has 1 aromatic heterocycles. The van der Waals surface area contributed by atoms with E-state index in [9.17, 15) is 13.2 Å². The molecule has 0 spiro atoms. The second-order valence-corrected chi connectivity index (χ2v) is 6.88. The highest BCUT2D eigenvalue weighted by molar-refractivity contribution is 7.88. The lowest BCUT2D eigenvalue weighted by Crippen LogP contribution is -2.24. The van der Waals surface area contributed by atoms with E-state index in [0.717, 1.165) is 30.0 Å². The highest BCUT2D eigenvalue weighted by Crippen LogP contribution is 2.16. The summed E-state index contributed by atoms with van der Waals surface area (Å²) in [5.41, 5.74) is 0. The number of aliphatic hydroxyl groups is 1. The lowest BCUT2D eigenvalue weighted by atomic mass is 10.2. The molecule has 1 aromatic rings. The van der Waals surface area contributed by atoms with Gasteiger partial charge < -0.3 is 14.8 Å². The van der Waals surface area contributed by atoms with Gasteiger partial charge in [-0.3, -0.25) is 4.79 Å². The fourth-order valence-corrected chi connectivity index (χ4v) is 2.44. The Morgan fingerprint density at radius 3 is 2.52 bits per heavy atom. The zero-order valence-electron chi connectivity index (χ0n) is 12.3. The molecule has 8 heteroatoms. The summed E-state index contributed by atoms with van der Waals surface area (Å²) in [5, 5.41) is 11.0. The summed E-state index contributed by atoms with van der Waals surface area (Å²) in [6, 6.07) is 2.61. The molecule has 21 heavy (non-hydrogen) atoms. The van der Waals surface area contributed by atoms with Crippen molar-refractivity contribution in [3.05, 3.63) is 17.9 Å². The average molecular weight is 318 g/mol. The summed E-state index contributed by atoms with van der Waals surface area (Å²) >= 11 is 0. The van der Waals surface area contributed by atoms with Gasteiger partial charge in [0.1, 0.15) is 0 Å². The summed E-state index contributed by atoms with van der Waals surface area (Å²) in [6.07, 6.45) is 3.39. The van der Waals surface area contributed by atoms with Gasteiger partial charge in [0.2, 0.25) is 5.09 Å². The first-order valence-electron chi connectivity index (χ1n) is 6.81. The molecular formula is C13H22N2O5S. The molecule has 1 amide bonds. The minimum Gasteiger partial charge on any atom is -0.438 e. The van der Waals surface area contributed by atoms with E-state index >= 15 is 0 Å². The monoisotopic (exact) mass is 318 g/mol. The van der Waals surface area contributed by atoms with Crippen LogP contribution in [0.3, 0.4) is 0 Å². The van der Waals surface area contributed by atoms with Gasteiger partial charge in [-0.05, 0) is 25.0 Å². The van der Waals surface area contributed by atoms with Crippen LogP contribution in [0.15, 0.2) is 21.6 Å². The molecule has 7 nitrogen and oxygen atoms in total. The number of carbonyl (C=O) groups excluding carboxylic acids is 1. The van der Waals surface area contributed by atoms with E-state index in [0.29, 0.717) is 6.54 Å². The maximum atomic E-state index is 11.8. The molecule has 0 aromatic carbocycles. The van der Waals surface area contributed by atoms with E-state index in [4.69, 9.17) is 9.52 Å². The Hall–Kier alpha value is -1.38. The molecular weight excluding hydrogens is 296 g/mol. The van der Waals surface area contributed by atoms with E-state index in [2.05, 4.69) is 5.32 Å². The fourth-order valence-electron chi connectivity index (χ4n) is 1.64. The molecule has 1 heterocycles. The quantitative estimate of drug-likeness (QED) is 0.656. The number of nitrogens with zero attached hydrogens (tertiary/aromatic N) is 1. The molecule has 0 saturated heterocycles. The third kappa shape index (κ3) is 5.14. The maximum absolute atomic E-state index is 11.8. The van der Waals surface area contributed by atoms with Crippen LogP contribution in [0.25, 0.3) is 0 Å². The number of nitrogens with one attached hydrogen (secondary N) is 1. The van der Waals surface area contributed by atoms with Gasteiger partial charge in [0.25, 0.3) is 15.9 Å². The second-order valence-electron chi connectivity index (χ2n) is 4.80. The zero-order valence-corrected chi connectivity index (χ0v) is 13.1. The molecule has 0 atom stereocenters. The number of carbonyl (C=O) groups is 1. The molecule has 0 aliphatic heterocycles. The van der Waals surface area contributed by atoms with Gasteiger partial charge in [-0.15, -0.1) is 0 Å². The van der Waals surface area contributed by atoms with Crippen LogP contribution in [0.5, 0.6) is 0 Å². The predicted molar refractivity (Wildman–Crippen MR) is 77.5 cm³/mol. The minimum atomic E-state index is -3.66. The maximum Gasteiger partial charge on any atom is 0.287 e. The van der Waals surface area contributed by atoms with Crippen molar-refractivity contribution in [2.75, 3.05) is 27.2 Å². The van der Waals surface area contributed by atoms with Crippen molar-refractivity contribution in [3.63, 3.8) is 0 Å². The lowest BCUT2D eigenvalue weighted by molar-refractivity contribution is 0.0919. The predicted octanol–water partition coefficient (Wildman–Crippen LogP) is 0.812. The van der Waals surface area contributed by atoms with Crippen molar-refractivity contribution in [1.82, 2.24) is 9.62 Å². The molecule has 120 valence electrons. The Morgan fingerprint density at radius 2 is 1.90 bits per heavy atom. The third-order valence-corrected chi connectivity index (χ3v) is 4.60. The van der Waals surface area contributed by atoms with Crippen LogP contribution in [0.2, 0.25) is 0 Å². The van der Waals surface area contributed by atoms with E-state index in [-0.39, 0.29) is 17.5 Å². The largest absolute Gasteiger partial charge is 0.438 e. The number of amides is 1. The van der Waals surface area contributed by atoms with Crippen molar-refractivity contribution in [1.29, 1.82) is 0 Å². The highest BCUT2D eigenvalue weighted by atomic mass is 32.2. The van der Waals surface area contributed by atoms with Crippen LogP contribution < -0.4 is 5.32 Å². The molecule has 0 aliphatic rings. The Labute approximate surface area is 125 Å². The summed E-state index contributed by atoms with van der Waals surface area (Å²) in [6.45, 7) is 0.669. The van der Waals surface area contributed by atoms with Gasteiger partial charge in [-0.2, -0.15) is 0 Å². The SMILES string of the molecule is CN(C)S(=O)(=O)c1ccc(C(=O)NCCCCCCO)o1. The Morgan fingerprint density at radius 1 is 1.24 bits per heavy atom. The van der Waals surface area contributed by atoms with E-state index in [1.165, 1.54) is 26.2 Å². The van der Waals surface area contributed by atoms with Crippen LogP contribution in [-0.2, 0) is 10.0 Å². The normalized spacial score (nSPS) is 11.8. The van der Waals surface area contributed by atoms with Crippen molar-refractivity contribution >= 4 is 15.9 Å². The number of hydrogen-bond acceptors (Lipinski definition) is 5. The van der Waals surface area contributed by atoms with Crippen molar-refractivity contribution in [2.24, 2.45) is 0 Å². The van der Waals surface area contributed by atoms with Crippen molar-refractivity contribution in [2.45, 2.75) is 30.8 Å². The Kier molecular flexibility index (Phi) is 6.86.